The van der Waals surface area contributed by atoms with Crippen molar-refractivity contribution in [2.75, 3.05) is 5.08 Å². The molecule has 2 rings (SSSR count). The molecule has 2 heterocycles. The van der Waals surface area contributed by atoms with Crippen LogP contribution in [0.4, 0.5) is 0 Å². The van der Waals surface area contributed by atoms with Gasteiger partial charge in [-0.2, -0.15) is 0 Å². The SMILES string of the molecule is C1=C(c2ncncn2)SCS1. The lowest BCUT2D eigenvalue weighted by Gasteiger charge is -1.94. The molecule has 11 heavy (non-hydrogen) atoms. The highest BCUT2D eigenvalue weighted by Crippen LogP contribution is 2.36. The van der Waals surface area contributed by atoms with Crippen molar-refractivity contribution in [3.63, 3.8) is 0 Å². The summed E-state index contributed by atoms with van der Waals surface area (Å²) in [6.45, 7) is 0. The van der Waals surface area contributed by atoms with Gasteiger partial charge < -0.3 is 0 Å². The van der Waals surface area contributed by atoms with E-state index in [-0.39, 0.29) is 0 Å². The molecule has 0 N–H and O–H groups in total. The minimum atomic E-state index is 0.787. The largest absolute Gasteiger partial charge is 0.225 e. The zero-order valence-corrected chi connectivity index (χ0v) is 7.23. The van der Waals surface area contributed by atoms with Gasteiger partial charge in [0.25, 0.3) is 0 Å². The monoisotopic (exact) mass is 183 g/mol. The van der Waals surface area contributed by atoms with Gasteiger partial charge in [0.1, 0.15) is 12.7 Å². The minimum Gasteiger partial charge on any atom is -0.225 e. The number of nitrogens with zero attached hydrogens (tertiary/aromatic N) is 3. The van der Waals surface area contributed by atoms with E-state index < -0.39 is 0 Å². The fourth-order valence-corrected chi connectivity index (χ4v) is 2.74. The van der Waals surface area contributed by atoms with E-state index in [2.05, 4.69) is 20.4 Å². The number of hydrogen-bond donors (Lipinski definition) is 0. The summed E-state index contributed by atoms with van der Waals surface area (Å²) >= 11 is 3.54. The highest BCUT2D eigenvalue weighted by atomic mass is 32.2. The Morgan fingerprint density at radius 3 is 2.73 bits per heavy atom. The summed E-state index contributed by atoms with van der Waals surface area (Å²) in [4.78, 5) is 13.0. The molecule has 0 saturated heterocycles. The predicted octanol–water partition coefficient (Wildman–Crippen LogP) is 1.61. The van der Waals surface area contributed by atoms with Crippen molar-refractivity contribution >= 4 is 28.4 Å². The molecule has 0 bridgehead atoms. The molecule has 1 aliphatic rings. The summed E-state index contributed by atoms with van der Waals surface area (Å²) in [6, 6.07) is 0. The van der Waals surface area contributed by atoms with Gasteiger partial charge in [-0.05, 0) is 5.41 Å². The molecular formula is C6H5N3S2. The van der Waals surface area contributed by atoms with Crippen LogP contribution in [0.15, 0.2) is 18.1 Å². The van der Waals surface area contributed by atoms with E-state index in [0.29, 0.717) is 0 Å². The topological polar surface area (TPSA) is 38.7 Å². The van der Waals surface area contributed by atoms with Crippen LogP contribution in [-0.4, -0.2) is 20.0 Å². The average molecular weight is 183 g/mol. The fraction of sp³-hybridized carbons (Fsp3) is 0.167. The van der Waals surface area contributed by atoms with Gasteiger partial charge in [0.05, 0.1) is 4.91 Å². The van der Waals surface area contributed by atoms with Crippen molar-refractivity contribution < 1.29 is 0 Å². The third-order valence-corrected chi connectivity index (χ3v) is 3.37. The standard InChI is InChI=1S/C6H5N3S2/c1-5(11-4-10-1)6-8-2-7-3-9-6/h1-3H,4H2. The Hall–Kier alpha value is -0.550. The molecule has 0 fully saturated rings. The van der Waals surface area contributed by atoms with Crippen molar-refractivity contribution in [2.45, 2.75) is 0 Å². The molecule has 56 valence electrons. The van der Waals surface area contributed by atoms with Gasteiger partial charge >= 0.3 is 0 Å². The molecule has 0 aromatic carbocycles. The third-order valence-electron chi connectivity index (χ3n) is 1.19. The second-order valence-corrected chi connectivity index (χ2v) is 4.11. The average Bonchev–Trinajstić information content (AvgIpc) is 2.58. The third kappa shape index (κ3) is 1.54. The lowest BCUT2D eigenvalue weighted by molar-refractivity contribution is 1.02. The smallest absolute Gasteiger partial charge is 0.169 e. The molecule has 0 saturated carbocycles. The van der Waals surface area contributed by atoms with Crippen LogP contribution in [0.25, 0.3) is 4.91 Å². The summed E-state index contributed by atoms with van der Waals surface area (Å²) in [5.74, 6) is 0.787. The van der Waals surface area contributed by atoms with Gasteiger partial charge in [-0.25, -0.2) is 15.0 Å². The van der Waals surface area contributed by atoms with Crippen LogP contribution >= 0.6 is 23.5 Å². The van der Waals surface area contributed by atoms with Crippen LogP contribution in [0.1, 0.15) is 5.82 Å². The first-order chi connectivity index (χ1) is 5.47. The molecule has 1 aliphatic heterocycles. The van der Waals surface area contributed by atoms with E-state index >= 15 is 0 Å². The lowest BCUT2D eigenvalue weighted by atomic mass is 10.6. The second-order valence-electron chi connectivity index (χ2n) is 1.87. The number of rotatable bonds is 1. The van der Waals surface area contributed by atoms with Crippen LogP contribution in [0.5, 0.6) is 0 Å². The molecule has 0 unspecified atom stereocenters. The second kappa shape index (κ2) is 3.23. The van der Waals surface area contributed by atoms with Crippen molar-refractivity contribution in [2.24, 2.45) is 0 Å². The van der Waals surface area contributed by atoms with E-state index in [0.717, 1.165) is 15.8 Å². The molecule has 1 aromatic heterocycles. The van der Waals surface area contributed by atoms with Crippen molar-refractivity contribution in [1.29, 1.82) is 0 Å². The van der Waals surface area contributed by atoms with Gasteiger partial charge in [-0.3, -0.25) is 0 Å². The number of aromatic nitrogens is 3. The Balaban J connectivity index is 2.29. The number of hydrogen-bond acceptors (Lipinski definition) is 5. The van der Waals surface area contributed by atoms with Crippen LogP contribution in [-0.2, 0) is 0 Å². The molecule has 0 radical (unpaired) electrons. The maximum absolute atomic E-state index is 4.04. The Morgan fingerprint density at radius 1 is 1.27 bits per heavy atom. The summed E-state index contributed by atoms with van der Waals surface area (Å²) in [5.41, 5.74) is 0. The Labute approximate surface area is 72.7 Å². The first-order valence-electron chi connectivity index (χ1n) is 3.04. The van der Waals surface area contributed by atoms with E-state index in [1.807, 2.05) is 0 Å². The molecular weight excluding hydrogens is 178 g/mol. The Morgan fingerprint density at radius 2 is 2.09 bits per heavy atom. The molecule has 5 heteroatoms. The zero-order valence-electron chi connectivity index (χ0n) is 5.60. The molecule has 0 spiro atoms. The molecule has 0 amide bonds. The highest BCUT2D eigenvalue weighted by Gasteiger charge is 2.09. The van der Waals surface area contributed by atoms with Crippen molar-refractivity contribution in [1.82, 2.24) is 15.0 Å². The predicted molar refractivity (Wildman–Crippen MR) is 47.9 cm³/mol. The highest BCUT2D eigenvalue weighted by molar-refractivity contribution is 8.25. The van der Waals surface area contributed by atoms with Gasteiger partial charge in [-0.1, -0.05) is 0 Å². The summed E-state index contributed by atoms with van der Waals surface area (Å²) in [7, 11) is 0. The summed E-state index contributed by atoms with van der Waals surface area (Å²) in [5, 5.41) is 3.15. The maximum Gasteiger partial charge on any atom is 0.169 e. The molecule has 1 aromatic rings. The van der Waals surface area contributed by atoms with Crippen molar-refractivity contribution in [3.8, 4) is 0 Å². The first-order valence-corrected chi connectivity index (χ1v) is 5.07. The summed E-state index contributed by atoms with van der Waals surface area (Å²) in [6.07, 6.45) is 3.04. The van der Waals surface area contributed by atoms with Crippen LogP contribution < -0.4 is 0 Å². The van der Waals surface area contributed by atoms with Gasteiger partial charge in [0.2, 0.25) is 0 Å². The molecule has 0 aliphatic carbocycles. The quantitative estimate of drug-likeness (QED) is 0.661. The van der Waals surface area contributed by atoms with Crippen LogP contribution in [0.2, 0.25) is 0 Å². The van der Waals surface area contributed by atoms with Crippen LogP contribution in [0.3, 0.4) is 0 Å². The van der Waals surface area contributed by atoms with Crippen molar-refractivity contribution in [3.05, 3.63) is 23.9 Å². The van der Waals surface area contributed by atoms with E-state index in [9.17, 15) is 0 Å². The fourth-order valence-electron chi connectivity index (χ4n) is 0.725. The van der Waals surface area contributed by atoms with Gasteiger partial charge in [-0.15, -0.1) is 23.5 Å². The Kier molecular flexibility index (Phi) is 2.09. The molecule has 0 atom stereocenters. The Bertz CT molecular complexity index is 272. The van der Waals surface area contributed by atoms with Gasteiger partial charge in [0.15, 0.2) is 5.82 Å². The number of thioether (sulfide) groups is 2. The lowest BCUT2D eigenvalue weighted by Crippen LogP contribution is -1.89. The minimum absolute atomic E-state index is 0.787. The summed E-state index contributed by atoms with van der Waals surface area (Å²) < 4.78 is 0. The first kappa shape index (κ1) is 7.12. The zero-order chi connectivity index (χ0) is 7.52. The van der Waals surface area contributed by atoms with E-state index in [1.54, 1.807) is 23.5 Å². The van der Waals surface area contributed by atoms with Gasteiger partial charge in [0, 0.05) is 5.08 Å². The molecule has 3 nitrogen and oxygen atoms in total. The van der Waals surface area contributed by atoms with E-state index in [1.165, 1.54) is 12.7 Å². The maximum atomic E-state index is 4.04. The van der Waals surface area contributed by atoms with E-state index in [4.69, 9.17) is 0 Å². The van der Waals surface area contributed by atoms with Crippen LogP contribution in [0, 0.1) is 0 Å². The normalized spacial score (nSPS) is 16.5.